The lowest BCUT2D eigenvalue weighted by Gasteiger charge is -2.11. The quantitative estimate of drug-likeness (QED) is 0.158. The van der Waals surface area contributed by atoms with E-state index in [1.165, 1.54) is 23.9 Å². The summed E-state index contributed by atoms with van der Waals surface area (Å²) in [6, 6.07) is 29.4. The largest absolute Gasteiger partial charge is 0.423 e. The molecule has 0 saturated carbocycles. The molecule has 0 aliphatic rings. The summed E-state index contributed by atoms with van der Waals surface area (Å²) in [6.07, 6.45) is 0. The van der Waals surface area contributed by atoms with Crippen LogP contribution in [0.15, 0.2) is 111 Å². The third-order valence-electron chi connectivity index (χ3n) is 5.82. The molecule has 6 rings (SSSR count). The molecule has 2 heterocycles. The third-order valence-corrected chi connectivity index (χ3v) is 6.80. The topological polar surface area (TPSA) is 60.9 Å². The van der Waals surface area contributed by atoms with Gasteiger partial charge in [0.05, 0.1) is 0 Å². The Morgan fingerprint density at radius 1 is 0.857 bits per heavy atom. The van der Waals surface area contributed by atoms with Crippen molar-refractivity contribution in [2.24, 2.45) is 0 Å². The maximum atomic E-state index is 13.5. The van der Waals surface area contributed by atoms with Crippen molar-refractivity contribution in [2.45, 2.75) is 10.9 Å². The van der Waals surface area contributed by atoms with Gasteiger partial charge < -0.3 is 4.42 Å². The van der Waals surface area contributed by atoms with Gasteiger partial charge in [-0.2, -0.15) is 0 Å². The summed E-state index contributed by atoms with van der Waals surface area (Å²) in [7, 11) is 0. The highest BCUT2D eigenvalue weighted by atomic mass is 32.2. The SMILES string of the molecule is O=c1cc(CSc2nnc(-c3ccc(F)cc3)n2-c2ccccc2)c2c(ccc3ccccc32)o1. The van der Waals surface area contributed by atoms with Crippen molar-refractivity contribution in [3.05, 3.63) is 119 Å². The minimum Gasteiger partial charge on any atom is -0.423 e. The molecule has 0 radical (unpaired) electrons. The molecule has 6 aromatic rings. The lowest BCUT2D eigenvalue weighted by Crippen LogP contribution is -2.02. The average Bonchev–Trinajstić information content (AvgIpc) is 3.32. The van der Waals surface area contributed by atoms with Gasteiger partial charge in [-0.05, 0) is 58.8 Å². The summed E-state index contributed by atoms with van der Waals surface area (Å²) in [4.78, 5) is 12.3. The van der Waals surface area contributed by atoms with Crippen LogP contribution in [0.25, 0.3) is 38.8 Å². The van der Waals surface area contributed by atoms with Gasteiger partial charge in [0.15, 0.2) is 11.0 Å². The van der Waals surface area contributed by atoms with Gasteiger partial charge in [-0.25, -0.2) is 9.18 Å². The Morgan fingerprint density at radius 3 is 2.46 bits per heavy atom. The van der Waals surface area contributed by atoms with Crippen LogP contribution in [-0.4, -0.2) is 14.8 Å². The van der Waals surface area contributed by atoms with Gasteiger partial charge in [-0.1, -0.05) is 60.3 Å². The Balaban J connectivity index is 1.45. The molecule has 0 N–H and O–H groups in total. The molecule has 0 saturated heterocycles. The molecule has 0 bridgehead atoms. The van der Waals surface area contributed by atoms with Crippen LogP contribution in [0.3, 0.4) is 0 Å². The molecule has 0 spiro atoms. The third kappa shape index (κ3) is 4.00. The van der Waals surface area contributed by atoms with Gasteiger partial charge >= 0.3 is 5.63 Å². The highest BCUT2D eigenvalue weighted by Gasteiger charge is 2.18. The van der Waals surface area contributed by atoms with Gasteiger partial charge in [0.2, 0.25) is 0 Å². The van der Waals surface area contributed by atoms with Crippen LogP contribution >= 0.6 is 11.8 Å². The maximum Gasteiger partial charge on any atom is 0.336 e. The van der Waals surface area contributed by atoms with Crippen LogP contribution in [0.4, 0.5) is 4.39 Å². The van der Waals surface area contributed by atoms with Crippen LogP contribution in [-0.2, 0) is 5.75 Å². The Bertz CT molecular complexity index is 1730. The Labute approximate surface area is 203 Å². The van der Waals surface area contributed by atoms with E-state index < -0.39 is 0 Å². The predicted octanol–water partition coefficient (Wildman–Crippen LogP) is 6.63. The van der Waals surface area contributed by atoms with Crippen molar-refractivity contribution >= 4 is 33.5 Å². The minimum absolute atomic E-state index is 0.309. The van der Waals surface area contributed by atoms with Crippen molar-refractivity contribution in [2.75, 3.05) is 0 Å². The zero-order valence-corrected chi connectivity index (χ0v) is 19.2. The first-order valence-electron chi connectivity index (χ1n) is 11.0. The number of thioether (sulfide) groups is 1. The van der Waals surface area contributed by atoms with E-state index in [9.17, 15) is 9.18 Å². The number of aromatic nitrogens is 3. The molecule has 0 unspecified atom stereocenters. The van der Waals surface area contributed by atoms with E-state index in [2.05, 4.69) is 10.2 Å². The highest BCUT2D eigenvalue weighted by molar-refractivity contribution is 7.98. The van der Waals surface area contributed by atoms with Crippen LogP contribution in [0.1, 0.15) is 5.56 Å². The lowest BCUT2D eigenvalue weighted by molar-refractivity contribution is 0.560. The summed E-state index contributed by atoms with van der Waals surface area (Å²) in [5.74, 6) is 0.794. The summed E-state index contributed by atoms with van der Waals surface area (Å²) in [5.41, 5.74) is 2.68. The number of hydrogen-bond donors (Lipinski definition) is 0. The summed E-state index contributed by atoms with van der Waals surface area (Å²) >= 11 is 1.48. The van der Waals surface area contributed by atoms with Crippen LogP contribution in [0, 0.1) is 5.82 Å². The standard InChI is InChI=1S/C28H18FN3O2S/c29-21-13-10-19(11-14-21)27-30-31-28(32(27)22-7-2-1-3-8-22)35-17-20-16-25(33)34-24-15-12-18-6-4-5-9-23(18)26(20)24/h1-16H,17H2. The van der Waals surface area contributed by atoms with Crippen molar-refractivity contribution in [1.82, 2.24) is 14.8 Å². The normalized spacial score (nSPS) is 11.3. The molecule has 4 aromatic carbocycles. The first-order chi connectivity index (χ1) is 17.2. The monoisotopic (exact) mass is 479 g/mol. The van der Waals surface area contributed by atoms with Crippen molar-refractivity contribution in [3.8, 4) is 17.1 Å². The molecule has 0 amide bonds. The molecule has 5 nitrogen and oxygen atoms in total. The van der Waals surface area contributed by atoms with E-state index in [4.69, 9.17) is 4.42 Å². The molecule has 0 aliphatic carbocycles. The van der Waals surface area contributed by atoms with Gasteiger partial charge in [-0.3, -0.25) is 4.57 Å². The smallest absolute Gasteiger partial charge is 0.336 e. The van der Waals surface area contributed by atoms with Gasteiger partial charge in [0.1, 0.15) is 11.4 Å². The number of rotatable bonds is 5. The van der Waals surface area contributed by atoms with E-state index in [0.29, 0.717) is 22.3 Å². The summed E-state index contributed by atoms with van der Waals surface area (Å²) in [6.45, 7) is 0. The number of fused-ring (bicyclic) bond motifs is 3. The fourth-order valence-corrected chi connectivity index (χ4v) is 5.17. The summed E-state index contributed by atoms with van der Waals surface area (Å²) < 4.78 is 21.0. The molecule has 0 atom stereocenters. The molecule has 2 aromatic heterocycles. The lowest BCUT2D eigenvalue weighted by atomic mass is 10.0. The number of nitrogens with zero attached hydrogens (tertiary/aromatic N) is 3. The molecule has 35 heavy (non-hydrogen) atoms. The fourth-order valence-electron chi connectivity index (χ4n) is 4.24. The number of hydrogen-bond acceptors (Lipinski definition) is 5. The fraction of sp³-hybridized carbons (Fsp3) is 0.0357. The first kappa shape index (κ1) is 21.3. The van der Waals surface area contributed by atoms with E-state index in [-0.39, 0.29) is 11.4 Å². The van der Waals surface area contributed by atoms with Crippen LogP contribution in [0.2, 0.25) is 0 Å². The summed E-state index contributed by atoms with van der Waals surface area (Å²) in [5, 5.41) is 12.6. The first-order valence-corrected chi connectivity index (χ1v) is 12.0. The van der Waals surface area contributed by atoms with Gasteiger partial charge in [0, 0.05) is 28.5 Å². The second-order valence-electron chi connectivity index (χ2n) is 8.02. The molecule has 0 aliphatic heterocycles. The van der Waals surface area contributed by atoms with E-state index in [1.807, 2.05) is 71.3 Å². The molecular formula is C28H18FN3O2S. The maximum absolute atomic E-state index is 13.5. The Hall–Kier alpha value is -4.23. The highest BCUT2D eigenvalue weighted by Crippen LogP contribution is 2.33. The Morgan fingerprint density at radius 2 is 1.63 bits per heavy atom. The second kappa shape index (κ2) is 8.85. The zero-order valence-electron chi connectivity index (χ0n) is 18.4. The molecular weight excluding hydrogens is 461 g/mol. The Kier molecular flexibility index (Phi) is 5.39. The van der Waals surface area contributed by atoms with E-state index in [0.717, 1.165) is 33.0 Å². The number of para-hydroxylation sites is 1. The number of halogens is 1. The van der Waals surface area contributed by atoms with Gasteiger partial charge in [-0.15, -0.1) is 10.2 Å². The molecule has 0 fully saturated rings. The number of benzene rings is 4. The molecule has 7 heteroatoms. The van der Waals surface area contributed by atoms with E-state index >= 15 is 0 Å². The van der Waals surface area contributed by atoms with Crippen molar-refractivity contribution in [1.29, 1.82) is 0 Å². The predicted molar refractivity (Wildman–Crippen MR) is 136 cm³/mol. The van der Waals surface area contributed by atoms with Crippen LogP contribution < -0.4 is 5.63 Å². The van der Waals surface area contributed by atoms with Crippen LogP contribution in [0.5, 0.6) is 0 Å². The second-order valence-corrected chi connectivity index (χ2v) is 8.97. The van der Waals surface area contributed by atoms with Crippen molar-refractivity contribution in [3.63, 3.8) is 0 Å². The zero-order chi connectivity index (χ0) is 23.8. The van der Waals surface area contributed by atoms with Crippen molar-refractivity contribution < 1.29 is 8.81 Å². The van der Waals surface area contributed by atoms with Gasteiger partial charge in [0.25, 0.3) is 0 Å². The average molecular weight is 480 g/mol. The molecule has 170 valence electrons. The van der Waals surface area contributed by atoms with E-state index in [1.54, 1.807) is 18.2 Å². The minimum atomic E-state index is -0.389.